The standard InChI is InChI=1S/C9H18N2O2/c1-12-8-5-11(6-9(8)13-2)7-3-10-4-7/h7-10H,3-6H2,1-2H3/t8-,9+. The monoisotopic (exact) mass is 186 g/mol. The van der Waals surface area contributed by atoms with Crippen molar-refractivity contribution >= 4 is 0 Å². The predicted octanol–water partition coefficient (Wildman–Crippen LogP) is -0.696. The first-order chi connectivity index (χ1) is 6.35. The maximum Gasteiger partial charge on any atom is 0.0971 e. The van der Waals surface area contributed by atoms with Crippen LogP contribution in [-0.4, -0.2) is 63.5 Å². The van der Waals surface area contributed by atoms with E-state index in [1.807, 2.05) is 0 Å². The van der Waals surface area contributed by atoms with E-state index in [2.05, 4.69) is 10.2 Å². The van der Waals surface area contributed by atoms with Crippen LogP contribution in [0.15, 0.2) is 0 Å². The largest absolute Gasteiger partial charge is 0.377 e. The van der Waals surface area contributed by atoms with Gasteiger partial charge in [0, 0.05) is 46.4 Å². The number of likely N-dealkylation sites (tertiary alicyclic amines) is 1. The van der Waals surface area contributed by atoms with E-state index in [9.17, 15) is 0 Å². The molecule has 2 aliphatic heterocycles. The molecule has 0 bridgehead atoms. The Labute approximate surface area is 79.2 Å². The van der Waals surface area contributed by atoms with E-state index in [0.717, 1.165) is 26.2 Å². The van der Waals surface area contributed by atoms with Crippen LogP contribution >= 0.6 is 0 Å². The Morgan fingerprint density at radius 2 is 1.62 bits per heavy atom. The second kappa shape index (κ2) is 3.92. The highest BCUT2D eigenvalue weighted by Crippen LogP contribution is 2.19. The fraction of sp³-hybridized carbons (Fsp3) is 1.00. The highest BCUT2D eigenvalue weighted by atomic mass is 16.5. The predicted molar refractivity (Wildman–Crippen MR) is 49.8 cm³/mol. The zero-order valence-corrected chi connectivity index (χ0v) is 8.32. The van der Waals surface area contributed by atoms with E-state index in [0.29, 0.717) is 6.04 Å². The molecule has 4 heteroatoms. The fourth-order valence-electron chi connectivity index (χ4n) is 2.05. The quantitative estimate of drug-likeness (QED) is 0.632. The molecule has 2 heterocycles. The lowest BCUT2D eigenvalue weighted by molar-refractivity contribution is -0.00461. The van der Waals surface area contributed by atoms with Crippen molar-refractivity contribution in [2.75, 3.05) is 40.4 Å². The van der Waals surface area contributed by atoms with Gasteiger partial charge in [0.15, 0.2) is 0 Å². The number of hydrogen-bond donors (Lipinski definition) is 1. The molecule has 0 unspecified atom stereocenters. The van der Waals surface area contributed by atoms with Crippen molar-refractivity contribution in [1.29, 1.82) is 0 Å². The summed E-state index contributed by atoms with van der Waals surface area (Å²) in [6.45, 7) is 4.27. The van der Waals surface area contributed by atoms with Gasteiger partial charge >= 0.3 is 0 Å². The molecule has 4 nitrogen and oxygen atoms in total. The molecule has 2 rings (SSSR count). The molecule has 0 amide bonds. The molecule has 1 N–H and O–H groups in total. The smallest absolute Gasteiger partial charge is 0.0971 e. The Morgan fingerprint density at radius 3 is 1.92 bits per heavy atom. The minimum absolute atomic E-state index is 0.255. The van der Waals surface area contributed by atoms with Crippen LogP contribution in [0.1, 0.15) is 0 Å². The van der Waals surface area contributed by atoms with Crippen molar-refractivity contribution in [3.63, 3.8) is 0 Å². The van der Waals surface area contributed by atoms with E-state index in [-0.39, 0.29) is 12.2 Å². The van der Waals surface area contributed by atoms with Gasteiger partial charge in [0.1, 0.15) is 0 Å². The highest BCUT2D eigenvalue weighted by molar-refractivity contribution is 4.94. The van der Waals surface area contributed by atoms with Gasteiger partial charge in [-0.2, -0.15) is 0 Å². The first-order valence-electron chi connectivity index (χ1n) is 4.85. The van der Waals surface area contributed by atoms with Crippen molar-refractivity contribution in [2.24, 2.45) is 0 Å². The zero-order chi connectivity index (χ0) is 9.26. The average molecular weight is 186 g/mol. The lowest BCUT2D eigenvalue weighted by atomic mass is 10.1. The van der Waals surface area contributed by atoms with Crippen LogP contribution in [0.5, 0.6) is 0 Å². The number of methoxy groups -OCH3 is 2. The van der Waals surface area contributed by atoms with Crippen molar-refractivity contribution in [1.82, 2.24) is 10.2 Å². The molecule has 0 spiro atoms. The second-order valence-electron chi connectivity index (χ2n) is 3.81. The van der Waals surface area contributed by atoms with E-state index in [4.69, 9.17) is 9.47 Å². The summed E-state index contributed by atoms with van der Waals surface area (Å²) in [5, 5.41) is 3.28. The molecule has 0 aromatic rings. The minimum atomic E-state index is 0.255. The third-order valence-corrected chi connectivity index (χ3v) is 3.13. The van der Waals surface area contributed by atoms with Crippen LogP contribution in [-0.2, 0) is 9.47 Å². The van der Waals surface area contributed by atoms with Gasteiger partial charge in [-0.1, -0.05) is 0 Å². The molecule has 13 heavy (non-hydrogen) atoms. The SMILES string of the molecule is CO[C@H]1CN(C2CNC2)C[C@H]1OC. The molecule has 76 valence electrons. The van der Waals surface area contributed by atoms with Gasteiger partial charge in [-0.05, 0) is 0 Å². The number of nitrogens with one attached hydrogen (secondary N) is 1. The lowest BCUT2D eigenvalue weighted by Crippen LogP contribution is -2.56. The first kappa shape index (κ1) is 9.40. The number of nitrogens with zero attached hydrogens (tertiary/aromatic N) is 1. The van der Waals surface area contributed by atoms with Gasteiger partial charge in [-0.3, -0.25) is 4.90 Å². The summed E-state index contributed by atoms with van der Waals surface area (Å²) in [7, 11) is 3.53. The molecule has 2 aliphatic rings. The molecule has 0 radical (unpaired) electrons. The van der Waals surface area contributed by atoms with Gasteiger partial charge in [-0.25, -0.2) is 0 Å². The number of hydrogen-bond acceptors (Lipinski definition) is 4. The molecule has 0 aromatic carbocycles. The molecule has 2 fully saturated rings. The summed E-state index contributed by atoms with van der Waals surface area (Å²) >= 11 is 0. The van der Waals surface area contributed by atoms with E-state index < -0.39 is 0 Å². The Balaban J connectivity index is 1.88. The molecule has 2 atom stereocenters. The normalized spacial score (nSPS) is 36.5. The minimum Gasteiger partial charge on any atom is -0.377 e. The van der Waals surface area contributed by atoms with Gasteiger partial charge in [0.25, 0.3) is 0 Å². The average Bonchev–Trinajstić information content (AvgIpc) is 2.44. The molecular weight excluding hydrogens is 168 g/mol. The Kier molecular flexibility index (Phi) is 2.83. The zero-order valence-electron chi connectivity index (χ0n) is 8.32. The third kappa shape index (κ3) is 1.72. The van der Waals surface area contributed by atoms with Gasteiger partial charge in [0.2, 0.25) is 0 Å². The third-order valence-electron chi connectivity index (χ3n) is 3.13. The topological polar surface area (TPSA) is 33.7 Å². The maximum atomic E-state index is 5.38. The first-order valence-corrected chi connectivity index (χ1v) is 4.85. The Morgan fingerprint density at radius 1 is 1.08 bits per heavy atom. The Hall–Kier alpha value is -0.160. The van der Waals surface area contributed by atoms with Gasteiger partial charge < -0.3 is 14.8 Å². The van der Waals surface area contributed by atoms with Crippen LogP contribution in [0, 0.1) is 0 Å². The molecule has 0 saturated carbocycles. The van der Waals surface area contributed by atoms with E-state index >= 15 is 0 Å². The van der Waals surface area contributed by atoms with Crippen molar-refractivity contribution in [2.45, 2.75) is 18.2 Å². The highest BCUT2D eigenvalue weighted by Gasteiger charge is 2.37. The number of rotatable bonds is 3. The fourth-order valence-corrected chi connectivity index (χ4v) is 2.05. The van der Waals surface area contributed by atoms with Crippen LogP contribution < -0.4 is 5.32 Å². The summed E-state index contributed by atoms with van der Waals surface area (Å²) in [4.78, 5) is 2.46. The lowest BCUT2D eigenvalue weighted by Gasteiger charge is -2.35. The summed E-state index contributed by atoms with van der Waals surface area (Å²) in [5.74, 6) is 0. The molecule has 0 aromatic heterocycles. The van der Waals surface area contributed by atoms with Crippen LogP contribution in [0.4, 0.5) is 0 Å². The molecular formula is C9H18N2O2. The summed E-state index contributed by atoms with van der Waals surface area (Å²) < 4.78 is 10.8. The van der Waals surface area contributed by atoms with Crippen LogP contribution in [0.25, 0.3) is 0 Å². The van der Waals surface area contributed by atoms with Crippen LogP contribution in [0.3, 0.4) is 0 Å². The van der Waals surface area contributed by atoms with E-state index in [1.54, 1.807) is 14.2 Å². The summed E-state index contributed by atoms with van der Waals surface area (Å²) in [5.41, 5.74) is 0. The van der Waals surface area contributed by atoms with E-state index in [1.165, 1.54) is 0 Å². The van der Waals surface area contributed by atoms with Crippen molar-refractivity contribution < 1.29 is 9.47 Å². The molecule has 0 aliphatic carbocycles. The van der Waals surface area contributed by atoms with Gasteiger partial charge in [0.05, 0.1) is 12.2 Å². The molecule has 2 saturated heterocycles. The van der Waals surface area contributed by atoms with Gasteiger partial charge in [-0.15, -0.1) is 0 Å². The van der Waals surface area contributed by atoms with Crippen molar-refractivity contribution in [3.8, 4) is 0 Å². The second-order valence-corrected chi connectivity index (χ2v) is 3.81. The number of ether oxygens (including phenoxy) is 2. The van der Waals surface area contributed by atoms with Crippen molar-refractivity contribution in [3.05, 3.63) is 0 Å². The van der Waals surface area contributed by atoms with Crippen LogP contribution in [0.2, 0.25) is 0 Å². The summed E-state index contributed by atoms with van der Waals surface area (Å²) in [6, 6.07) is 0.706. The Bertz CT molecular complexity index is 161. The summed E-state index contributed by atoms with van der Waals surface area (Å²) in [6.07, 6.45) is 0.510. The maximum absolute atomic E-state index is 5.38.